The summed E-state index contributed by atoms with van der Waals surface area (Å²) in [4.78, 5) is 1.33. The quantitative estimate of drug-likeness (QED) is 0.225. The number of aryl methyl sites for hydroxylation is 1. The highest BCUT2D eigenvalue weighted by Crippen LogP contribution is 1.87. The largest absolute Gasteiger partial charge is 0.409 e. The predicted octanol–water partition coefficient (Wildman–Crippen LogP) is -1.09. The van der Waals surface area contributed by atoms with Crippen molar-refractivity contribution < 1.29 is 5.21 Å². The number of oxime groups is 1. The van der Waals surface area contributed by atoms with Gasteiger partial charge < -0.3 is 10.9 Å². The van der Waals surface area contributed by atoms with Crippen molar-refractivity contribution in [1.29, 1.82) is 0 Å². The third-order valence-electron chi connectivity index (χ3n) is 0.970. The van der Waals surface area contributed by atoms with Crippen LogP contribution in [0.4, 0.5) is 0 Å². The first-order chi connectivity index (χ1) is 4.74. The minimum Gasteiger partial charge on any atom is -0.409 e. The van der Waals surface area contributed by atoms with Crippen LogP contribution in [0.1, 0.15) is 5.69 Å². The molecule has 0 radical (unpaired) electrons. The highest BCUT2D eigenvalue weighted by molar-refractivity contribution is 5.94. The average molecular weight is 141 g/mol. The molecule has 0 atom stereocenters. The van der Waals surface area contributed by atoms with Gasteiger partial charge in [0.05, 0.1) is 6.20 Å². The van der Waals surface area contributed by atoms with Crippen LogP contribution < -0.4 is 5.73 Å². The van der Waals surface area contributed by atoms with E-state index >= 15 is 0 Å². The smallest absolute Gasteiger partial charge is 0.192 e. The molecule has 0 unspecified atom stereocenters. The minimum atomic E-state index is -0.0342. The van der Waals surface area contributed by atoms with Crippen LogP contribution in [-0.4, -0.2) is 26.0 Å². The van der Waals surface area contributed by atoms with Crippen LogP contribution >= 0.6 is 0 Å². The molecule has 3 N–H and O–H groups in total. The Hall–Kier alpha value is -1.59. The molecule has 0 aromatic carbocycles. The lowest BCUT2D eigenvalue weighted by molar-refractivity contribution is 0.318. The van der Waals surface area contributed by atoms with E-state index in [1.807, 2.05) is 0 Å². The third kappa shape index (κ3) is 1.04. The van der Waals surface area contributed by atoms with Gasteiger partial charge in [-0.1, -0.05) is 5.16 Å². The standard InChI is InChI=1S/C4H7N5O/c1-9-6-2-3(7-9)4(5)8-10/h2,10H,1H3,(H2,5,8). The lowest BCUT2D eigenvalue weighted by Crippen LogP contribution is -2.13. The van der Waals surface area contributed by atoms with Gasteiger partial charge in [-0.15, -0.1) is 0 Å². The third-order valence-corrected chi connectivity index (χ3v) is 0.970. The Balaban J connectivity index is 2.95. The lowest BCUT2D eigenvalue weighted by Gasteiger charge is -1.86. The average Bonchev–Trinajstić information content (AvgIpc) is 2.34. The number of nitrogens with two attached hydrogens (primary N) is 1. The van der Waals surface area contributed by atoms with E-state index in [4.69, 9.17) is 10.9 Å². The van der Waals surface area contributed by atoms with Gasteiger partial charge in [-0.2, -0.15) is 15.0 Å². The zero-order chi connectivity index (χ0) is 7.56. The van der Waals surface area contributed by atoms with Crippen LogP contribution in [0.25, 0.3) is 0 Å². The summed E-state index contributed by atoms with van der Waals surface area (Å²) in [6.07, 6.45) is 1.41. The molecule has 0 spiro atoms. The summed E-state index contributed by atoms with van der Waals surface area (Å²) in [5.74, 6) is -0.0342. The maximum absolute atomic E-state index is 8.18. The molecular weight excluding hydrogens is 134 g/mol. The summed E-state index contributed by atoms with van der Waals surface area (Å²) >= 11 is 0. The second-order valence-corrected chi connectivity index (χ2v) is 1.70. The number of hydrogen-bond donors (Lipinski definition) is 2. The molecule has 0 aliphatic carbocycles. The zero-order valence-corrected chi connectivity index (χ0v) is 5.39. The molecule has 1 rings (SSSR count). The van der Waals surface area contributed by atoms with Crippen LogP contribution in [0.3, 0.4) is 0 Å². The van der Waals surface area contributed by atoms with E-state index in [9.17, 15) is 0 Å². The molecule has 0 saturated heterocycles. The first kappa shape index (κ1) is 6.53. The van der Waals surface area contributed by atoms with Gasteiger partial charge in [0.1, 0.15) is 0 Å². The molecule has 0 fully saturated rings. The van der Waals surface area contributed by atoms with E-state index in [1.165, 1.54) is 11.0 Å². The molecule has 6 nitrogen and oxygen atoms in total. The number of nitrogens with zero attached hydrogens (tertiary/aromatic N) is 4. The van der Waals surface area contributed by atoms with Crippen LogP contribution in [0.5, 0.6) is 0 Å². The summed E-state index contributed by atoms with van der Waals surface area (Å²) in [7, 11) is 1.65. The Morgan fingerprint density at radius 1 is 1.90 bits per heavy atom. The van der Waals surface area contributed by atoms with E-state index in [0.717, 1.165) is 0 Å². The molecule has 0 aliphatic heterocycles. The highest BCUT2D eigenvalue weighted by Gasteiger charge is 2.01. The molecule has 54 valence electrons. The van der Waals surface area contributed by atoms with Gasteiger partial charge in [0.15, 0.2) is 11.5 Å². The highest BCUT2D eigenvalue weighted by atomic mass is 16.4. The van der Waals surface area contributed by atoms with Crippen molar-refractivity contribution in [3.8, 4) is 0 Å². The Kier molecular flexibility index (Phi) is 1.53. The summed E-state index contributed by atoms with van der Waals surface area (Å²) in [5.41, 5.74) is 5.56. The van der Waals surface area contributed by atoms with Crippen molar-refractivity contribution in [1.82, 2.24) is 15.0 Å². The fourth-order valence-electron chi connectivity index (χ4n) is 0.514. The monoisotopic (exact) mass is 141 g/mol. The van der Waals surface area contributed by atoms with Gasteiger partial charge in [0, 0.05) is 7.05 Å². The second-order valence-electron chi connectivity index (χ2n) is 1.70. The number of rotatable bonds is 1. The van der Waals surface area contributed by atoms with Gasteiger partial charge in [0.25, 0.3) is 0 Å². The van der Waals surface area contributed by atoms with Crippen molar-refractivity contribution in [3.05, 3.63) is 11.9 Å². The van der Waals surface area contributed by atoms with Crippen LogP contribution in [0.2, 0.25) is 0 Å². The zero-order valence-electron chi connectivity index (χ0n) is 5.39. The van der Waals surface area contributed by atoms with Crippen molar-refractivity contribution in [2.24, 2.45) is 17.9 Å². The molecule has 0 amide bonds. The molecule has 1 aromatic heterocycles. The topological polar surface area (TPSA) is 89.3 Å². The molecule has 1 aromatic rings. The number of amidine groups is 1. The number of hydrogen-bond acceptors (Lipinski definition) is 4. The van der Waals surface area contributed by atoms with Crippen molar-refractivity contribution in [3.63, 3.8) is 0 Å². The van der Waals surface area contributed by atoms with Crippen LogP contribution in [-0.2, 0) is 7.05 Å². The Morgan fingerprint density at radius 3 is 3.00 bits per heavy atom. The van der Waals surface area contributed by atoms with Gasteiger partial charge in [-0.25, -0.2) is 0 Å². The molecule has 6 heteroatoms. The first-order valence-corrected chi connectivity index (χ1v) is 2.58. The van der Waals surface area contributed by atoms with Crippen molar-refractivity contribution in [2.75, 3.05) is 0 Å². The van der Waals surface area contributed by atoms with Crippen molar-refractivity contribution in [2.45, 2.75) is 0 Å². The van der Waals surface area contributed by atoms with E-state index in [1.54, 1.807) is 7.05 Å². The minimum absolute atomic E-state index is 0.0342. The fourth-order valence-corrected chi connectivity index (χ4v) is 0.514. The van der Waals surface area contributed by atoms with Crippen molar-refractivity contribution >= 4 is 5.84 Å². The normalized spacial score (nSPS) is 11.9. The van der Waals surface area contributed by atoms with Gasteiger partial charge >= 0.3 is 0 Å². The van der Waals surface area contributed by atoms with Crippen LogP contribution in [0.15, 0.2) is 11.4 Å². The Labute approximate surface area is 56.9 Å². The van der Waals surface area contributed by atoms with E-state index in [-0.39, 0.29) is 5.84 Å². The first-order valence-electron chi connectivity index (χ1n) is 2.58. The molecule has 0 aliphatic rings. The van der Waals surface area contributed by atoms with E-state index in [0.29, 0.717) is 5.69 Å². The van der Waals surface area contributed by atoms with Gasteiger partial charge in [-0.3, -0.25) is 0 Å². The lowest BCUT2D eigenvalue weighted by atomic mass is 10.5. The summed E-state index contributed by atoms with van der Waals surface area (Å²) in [5, 5.41) is 18.4. The van der Waals surface area contributed by atoms with Gasteiger partial charge in [0.2, 0.25) is 0 Å². The second kappa shape index (κ2) is 2.34. The molecule has 10 heavy (non-hydrogen) atoms. The summed E-state index contributed by atoms with van der Waals surface area (Å²) in [6.45, 7) is 0. The molecular formula is C4H7N5O. The van der Waals surface area contributed by atoms with Gasteiger partial charge in [-0.05, 0) is 0 Å². The Morgan fingerprint density at radius 2 is 2.60 bits per heavy atom. The van der Waals surface area contributed by atoms with Crippen LogP contribution in [0, 0.1) is 0 Å². The fraction of sp³-hybridized carbons (Fsp3) is 0.250. The summed E-state index contributed by atoms with van der Waals surface area (Å²) in [6, 6.07) is 0. The SMILES string of the molecule is Cn1ncc(/C(N)=N/O)n1. The molecule has 0 saturated carbocycles. The predicted molar refractivity (Wildman–Crippen MR) is 33.5 cm³/mol. The molecule has 1 heterocycles. The van der Waals surface area contributed by atoms with E-state index < -0.39 is 0 Å². The maximum atomic E-state index is 8.18. The Bertz CT molecular complexity index is 252. The maximum Gasteiger partial charge on any atom is 0.192 e. The van der Waals surface area contributed by atoms with E-state index in [2.05, 4.69) is 15.4 Å². The molecule has 0 bridgehead atoms. The number of aromatic nitrogens is 3. The summed E-state index contributed by atoms with van der Waals surface area (Å²) < 4.78 is 0.